The second kappa shape index (κ2) is 8.15. The average molecular weight is 405 g/mol. The standard InChI is InChI=1S/C19H25BrN4O/c1-14-8-9-21-19(22-14)23(2)16-5-4-10-24(13-16)12-15-6-7-18(25-3)17(20)11-15/h6-9,11,16H,4-5,10,12-13H2,1-3H3. The minimum atomic E-state index is 0.442. The van der Waals surface area contributed by atoms with E-state index < -0.39 is 0 Å². The molecule has 2 heterocycles. The molecule has 0 bridgehead atoms. The van der Waals surface area contributed by atoms with Gasteiger partial charge in [-0.1, -0.05) is 6.07 Å². The third-order valence-electron chi connectivity index (χ3n) is 4.75. The quantitative estimate of drug-likeness (QED) is 0.760. The molecule has 25 heavy (non-hydrogen) atoms. The molecule has 0 spiro atoms. The summed E-state index contributed by atoms with van der Waals surface area (Å²) in [6, 6.07) is 8.69. The molecule has 0 aliphatic carbocycles. The van der Waals surface area contributed by atoms with Crippen molar-refractivity contribution in [2.45, 2.75) is 32.4 Å². The molecule has 1 fully saturated rings. The summed E-state index contributed by atoms with van der Waals surface area (Å²) in [5.74, 6) is 1.69. The van der Waals surface area contributed by atoms with Gasteiger partial charge in [-0.2, -0.15) is 0 Å². The van der Waals surface area contributed by atoms with Gasteiger partial charge >= 0.3 is 0 Å². The Balaban J connectivity index is 1.65. The number of aryl methyl sites for hydroxylation is 1. The highest BCUT2D eigenvalue weighted by Gasteiger charge is 2.24. The number of rotatable bonds is 5. The number of piperidine rings is 1. The van der Waals surface area contributed by atoms with Crippen LogP contribution in [0.4, 0.5) is 5.95 Å². The lowest BCUT2D eigenvalue weighted by molar-refractivity contribution is 0.198. The number of likely N-dealkylation sites (tertiary alicyclic amines) is 1. The van der Waals surface area contributed by atoms with Gasteiger partial charge in [-0.05, 0) is 66.0 Å². The minimum Gasteiger partial charge on any atom is -0.496 e. The highest BCUT2D eigenvalue weighted by molar-refractivity contribution is 9.10. The Morgan fingerprint density at radius 3 is 2.92 bits per heavy atom. The number of nitrogens with zero attached hydrogens (tertiary/aromatic N) is 4. The summed E-state index contributed by atoms with van der Waals surface area (Å²) in [5, 5.41) is 0. The number of aromatic nitrogens is 2. The van der Waals surface area contributed by atoms with Crippen LogP contribution in [0.2, 0.25) is 0 Å². The lowest BCUT2D eigenvalue weighted by Gasteiger charge is -2.37. The summed E-state index contributed by atoms with van der Waals surface area (Å²) in [5.41, 5.74) is 2.30. The van der Waals surface area contributed by atoms with Crippen LogP contribution < -0.4 is 9.64 Å². The van der Waals surface area contributed by atoms with Crippen molar-refractivity contribution < 1.29 is 4.74 Å². The van der Waals surface area contributed by atoms with Gasteiger partial charge in [-0.3, -0.25) is 4.90 Å². The summed E-state index contributed by atoms with van der Waals surface area (Å²) in [4.78, 5) is 13.7. The van der Waals surface area contributed by atoms with Gasteiger partial charge in [0, 0.05) is 38.1 Å². The van der Waals surface area contributed by atoms with Crippen LogP contribution in [0.5, 0.6) is 5.75 Å². The summed E-state index contributed by atoms with van der Waals surface area (Å²) < 4.78 is 6.32. The average Bonchev–Trinajstić information content (AvgIpc) is 2.61. The van der Waals surface area contributed by atoms with Crippen LogP contribution in [0.1, 0.15) is 24.1 Å². The number of methoxy groups -OCH3 is 1. The molecule has 1 aromatic heterocycles. The number of hydrogen-bond donors (Lipinski definition) is 0. The molecule has 0 saturated carbocycles. The topological polar surface area (TPSA) is 41.5 Å². The molecule has 1 aliphatic heterocycles. The van der Waals surface area contributed by atoms with Crippen molar-refractivity contribution in [2.75, 3.05) is 32.1 Å². The molecule has 0 amide bonds. The van der Waals surface area contributed by atoms with Crippen LogP contribution in [0.3, 0.4) is 0 Å². The maximum absolute atomic E-state index is 5.32. The van der Waals surface area contributed by atoms with E-state index in [0.717, 1.165) is 41.5 Å². The van der Waals surface area contributed by atoms with Gasteiger partial charge in [-0.15, -0.1) is 0 Å². The van der Waals surface area contributed by atoms with Crippen molar-refractivity contribution >= 4 is 21.9 Å². The Morgan fingerprint density at radius 1 is 1.36 bits per heavy atom. The number of halogens is 1. The minimum absolute atomic E-state index is 0.442. The van der Waals surface area contributed by atoms with E-state index in [1.807, 2.05) is 25.3 Å². The van der Waals surface area contributed by atoms with Crippen molar-refractivity contribution in [1.29, 1.82) is 0 Å². The maximum Gasteiger partial charge on any atom is 0.225 e. The molecule has 0 N–H and O–H groups in total. The summed E-state index contributed by atoms with van der Waals surface area (Å²) in [7, 11) is 3.80. The predicted octanol–water partition coefficient (Wildman–Crippen LogP) is 3.66. The summed E-state index contributed by atoms with van der Waals surface area (Å²) in [6.07, 6.45) is 4.21. The molecule has 3 rings (SSSR count). The molecule has 1 aromatic carbocycles. The molecular weight excluding hydrogens is 380 g/mol. The Bertz CT molecular complexity index is 724. The maximum atomic E-state index is 5.32. The molecule has 1 unspecified atom stereocenters. The first-order chi connectivity index (χ1) is 12.1. The highest BCUT2D eigenvalue weighted by Crippen LogP contribution is 2.27. The fourth-order valence-corrected chi connectivity index (χ4v) is 3.91. The van der Waals surface area contributed by atoms with Gasteiger partial charge in [-0.25, -0.2) is 9.97 Å². The number of benzene rings is 1. The normalized spacial score (nSPS) is 18.2. The van der Waals surface area contributed by atoms with E-state index in [4.69, 9.17) is 4.74 Å². The van der Waals surface area contributed by atoms with Crippen molar-refractivity contribution in [3.05, 3.63) is 46.2 Å². The molecular formula is C19H25BrN4O. The highest BCUT2D eigenvalue weighted by atomic mass is 79.9. The second-order valence-electron chi connectivity index (χ2n) is 6.61. The predicted molar refractivity (Wildman–Crippen MR) is 104 cm³/mol. The van der Waals surface area contributed by atoms with Crippen molar-refractivity contribution in [3.63, 3.8) is 0 Å². The van der Waals surface area contributed by atoms with E-state index >= 15 is 0 Å². The first-order valence-corrected chi connectivity index (χ1v) is 9.43. The molecule has 1 saturated heterocycles. The number of hydrogen-bond acceptors (Lipinski definition) is 5. The Morgan fingerprint density at radius 2 is 2.20 bits per heavy atom. The lowest BCUT2D eigenvalue weighted by Crippen LogP contribution is -2.46. The van der Waals surface area contributed by atoms with Crippen molar-refractivity contribution in [2.24, 2.45) is 0 Å². The van der Waals surface area contributed by atoms with Gasteiger partial charge < -0.3 is 9.64 Å². The van der Waals surface area contributed by atoms with Crippen molar-refractivity contribution in [1.82, 2.24) is 14.9 Å². The van der Waals surface area contributed by atoms with Gasteiger partial charge in [0.2, 0.25) is 5.95 Å². The second-order valence-corrected chi connectivity index (χ2v) is 7.46. The van der Waals surface area contributed by atoms with Gasteiger partial charge in [0.1, 0.15) is 5.75 Å². The first-order valence-electron chi connectivity index (χ1n) is 8.64. The van der Waals surface area contributed by atoms with E-state index in [-0.39, 0.29) is 0 Å². The molecule has 134 valence electrons. The fourth-order valence-electron chi connectivity index (χ4n) is 3.33. The monoisotopic (exact) mass is 404 g/mol. The van der Waals surface area contributed by atoms with Crippen LogP contribution in [-0.4, -0.2) is 48.2 Å². The van der Waals surface area contributed by atoms with Crippen LogP contribution >= 0.6 is 15.9 Å². The Labute approximate surface area is 158 Å². The Kier molecular flexibility index (Phi) is 5.91. The zero-order valence-electron chi connectivity index (χ0n) is 15.1. The van der Waals surface area contributed by atoms with Gasteiger partial charge in [0.25, 0.3) is 0 Å². The van der Waals surface area contributed by atoms with E-state index in [1.165, 1.54) is 18.4 Å². The molecule has 1 aliphatic rings. The first kappa shape index (κ1) is 18.1. The smallest absolute Gasteiger partial charge is 0.225 e. The SMILES string of the molecule is COc1ccc(CN2CCCC(N(C)c3nccc(C)n3)C2)cc1Br. The van der Waals surface area contributed by atoms with Crippen LogP contribution in [0.25, 0.3) is 0 Å². The zero-order chi connectivity index (χ0) is 17.8. The molecule has 5 nitrogen and oxygen atoms in total. The van der Waals surface area contributed by atoms with Crippen LogP contribution in [-0.2, 0) is 6.54 Å². The zero-order valence-corrected chi connectivity index (χ0v) is 16.7. The fraction of sp³-hybridized carbons (Fsp3) is 0.474. The number of likely N-dealkylation sites (N-methyl/N-ethyl adjacent to an activating group) is 1. The largest absolute Gasteiger partial charge is 0.496 e. The summed E-state index contributed by atoms with van der Waals surface area (Å²) in [6.45, 7) is 5.11. The Hall–Kier alpha value is -1.66. The molecule has 2 aromatic rings. The number of ether oxygens (including phenoxy) is 1. The van der Waals surface area contributed by atoms with Crippen LogP contribution in [0, 0.1) is 6.92 Å². The third kappa shape index (κ3) is 4.50. The molecule has 1 atom stereocenters. The van der Waals surface area contributed by atoms with Gasteiger partial charge in [0.05, 0.1) is 11.6 Å². The van der Waals surface area contributed by atoms with E-state index in [9.17, 15) is 0 Å². The lowest BCUT2D eigenvalue weighted by atomic mass is 10.0. The van der Waals surface area contributed by atoms with E-state index in [1.54, 1.807) is 7.11 Å². The van der Waals surface area contributed by atoms with Crippen molar-refractivity contribution in [3.8, 4) is 5.75 Å². The molecule has 0 radical (unpaired) electrons. The molecule has 6 heteroatoms. The van der Waals surface area contributed by atoms with E-state index in [2.05, 4.69) is 54.9 Å². The van der Waals surface area contributed by atoms with E-state index in [0.29, 0.717) is 6.04 Å². The summed E-state index contributed by atoms with van der Waals surface area (Å²) >= 11 is 3.58. The van der Waals surface area contributed by atoms with Gasteiger partial charge in [0.15, 0.2) is 0 Å². The third-order valence-corrected chi connectivity index (χ3v) is 5.37. The van der Waals surface area contributed by atoms with Crippen LogP contribution in [0.15, 0.2) is 34.9 Å². The number of anilines is 1.